The van der Waals surface area contributed by atoms with Crippen LogP contribution < -0.4 is 5.32 Å². The molecule has 0 atom stereocenters. The second kappa shape index (κ2) is 8.35. The van der Waals surface area contributed by atoms with Crippen molar-refractivity contribution in [2.24, 2.45) is 5.92 Å². The highest BCUT2D eigenvalue weighted by molar-refractivity contribution is 4.89. The zero-order valence-corrected chi connectivity index (χ0v) is 14.3. The molecular weight excluding hydrogens is 250 g/mol. The third kappa shape index (κ3) is 6.55. The Labute approximate surface area is 125 Å². The first-order chi connectivity index (χ1) is 9.41. The molecule has 1 N–H and O–H groups in total. The molecule has 3 nitrogen and oxygen atoms in total. The highest BCUT2D eigenvalue weighted by Gasteiger charge is 2.35. The van der Waals surface area contributed by atoms with E-state index in [0.717, 1.165) is 19.0 Å². The van der Waals surface area contributed by atoms with Crippen molar-refractivity contribution in [2.75, 3.05) is 26.3 Å². The zero-order valence-electron chi connectivity index (χ0n) is 14.3. The van der Waals surface area contributed by atoms with Gasteiger partial charge in [-0.15, -0.1) is 0 Å². The number of ether oxygens (including phenoxy) is 2. The highest BCUT2D eigenvalue weighted by atomic mass is 16.5. The van der Waals surface area contributed by atoms with Gasteiger partial charge in [0.05, 0.1) is 24.4 Å². The van der Waals surface area contributed by atoms with Crippen LogP contribution in [-0.4, -0.2) is 37.5 Å². The normalized spacial score (nSPS) is 27.8. The number of hydrogen-bond donors (Lipinski definition) is 1. The highest BCUT2D eigenvalue weighted by Crippen LogP contribution is 2.36. The van der Waals surface area contributed by atoms with Crippen LogP contribution in [0.4, 0.5) is 0 Å². The van der Waals surface area contributed by atoms with Crippen molar-refractivity contribution in [1.29, 1.82) is 0 Å². The second-order valence-electron chi connectivity index (χ2n) is 7.12. The van der Waals surface area contributed by atoms with Gasteiger partial charge >= 0.3 is 0 Å². The van der Waals surface area contributed by atoms with E-state index in [9.17, 15) is 0 Å². The minimum atomic E-state index is -0.0714. The van der Waals surface area contributed by atoms with Crippen molar-refractivity contribution in [3.05, 3.63) is 0 Å². The van der Waals surface area contributed by atoms with Gasteiger partial charge < -0.3 is 14.8 Å². The summed E-state index contributed by atoms with van der Waals surface area (Å²) in [6.07, 6.45) is 6.30. The van der Waals surface area contributed by atoms with Crippen LogP contribution in [0.25, 0.3) is 0 Å². The fraction of sp³-hybridized carbons (Fsp3) is 1.00. The molecule has 1 aliphatic rings. The summed E-state index contributed by atoms with van der Waals surface area (Å²) in [6.45, 7) is 14.1. The molecule has 0 radical (unpaired) electrons. The molecule has 0 amide bonds. The van der Waals surface area contributed by atoms with E-state index < -0.39 is 0 Å². The maximum Gasteiger partial charge on any atom is 0.0807 e. The Bertz CT molecular complexity index is 252. The Morgan fingerprint density at radius 2 is 1.75 bits per heavy atom. The molecule has 0 heterocycles. The van der Waals surface area contributed by atoms with Gasteiger partial charge in [-0.1, -0.05) is 20.3 Å². The molecule has 0 aromatic carbocycles. The van der Waals surface area contributed by atoms with Crippen LogP contribution in [0.1, 0.15) is 66.7 Å². The maximum absolute atomic E-state index is 6.27. The molecule has 1 saturated carbocycles. The van der Waals surface area contributed by atoms with Crippen LogP contribution in [0.3, 0.4) is 0 Å². The van der Waals surface area contributed by atoms with Gasteiger partial charge in [0.25, 0.3) is 0 Å². The summed E-state index contributed by atoms with van der Waals surface area (Å²) in [5.74, 6) is 0.902. The summed E-state index contributed by atoms with van der Waals surface area (Å²) in [7, 11) is 0. The van der Waals surface area contributed by atoms with E-state index in [1.807, 2.05) is 0 Å². The van der Waals surface area contributed by atoms with E-state index >= 15 is 0 Å². The van der Waals surface area contributed by atoms with E-state index in [1.54, 1.807) is 0 Å². The predicted molar refractivity (Wildman–Crippen MR) is 85.2 cm³/mol. The molecule has 0 aromatic heterocycles. The minimum absolute atomic E-state index is 0.0446. The van der Waals surface area contributed by atoms with Gasteiger partial charge in [0, 0.05) is 6.54 Å². The average Bonchev–Trinajstić information content (AvgIpc) is 2.41. The molecule has 120 valence electrons. The molecule has 0 unspecified atom stereocenters. The number of likely N-dealkylation sites (N-methyl/N-ethyl adjacent to an activating group) is 1. The largest absolute Gasteiger partial charge is 0.373 e. The molecule has 0 aromatic rings. The summed E-state index contributed by atoms with van der Waals surface area (Å²) in [5, 5.41) is 3.48. The van der Waals surface area contributed by atoms with E-state index in [0.29, 0.717) is 13.2 Å². The Morgan fingerprint density at radius 3 is 2.25 bits per heavy atom. The van der Waals surface area contributed by atoms with E-state index in [1.165, 1.54) is 32.1 Å². The summed E-state index contributed by atoms with van der Waals surface area (Å²) in [4.78, 5) is 0. The Balaban J connectivity index is 2.40. The monoisotopic (exact) mass is 285 g/mol. The molecule has 0 spiro atoms. The summed E-state index contributed by atoms with van der Waals surface area (Å²) in [6, 6.07) is 0. The second-order valence-corrected chi connectivity index (χ2v) is 7.12. The van der Waals surface area contributed by atoms with E-state index in [2.05, 4.69) is 39.9 Å². The molecule has 0 saturated heterocycles. The SMILES string of the molecule is CCNCC1(OCCOC(C)(C)C)CCC(CC)CC1. The predicted octanol–water partition coefficient (Wildman–Crippen LogP) is 3.77. The Hall–Kier alpha value is -0.120. The van der Waals surface area contributed by atoms with E-state index in [4.69, 9.17) is 9.47 Å². The summed E-state index contributed by atoms with van der Waals surface area (Å²) < 4.78 is 12.0. The van der Waals surface area contributed by atoms with Crippen molar-refractivity contribution < 1.29 is 9.47 Å². The van der Waals surface area contributed by atoms with E-state index in [-0.39, 0.29) is 11.2 Å². The van der Waals surface area contributed by atoms with Gasteiger partial charge in [0.1, 0.15) is 0 Å². The molecule has 20 heavy (non-hydrogen) atoms. The van der Waals surface area contributed by atoms with Gasteiger partial charge in [-0.2, -0.15) is 0 Å². The van der Waals surface area contributed by atoms with Crippen LogP contribution in [0, 0.1) is 5.92 Å². The van der Waals surface area contributed by atoms with Gasteiger partial charge in [-0.3, -0.25) is 0 Å². The average molecular weight is 285 g/mol. The molecular formula is C17H35NO2. The molecule has 3 heteroatoms. The Kier molecular flexibility index (Phi) is 7.49. The Morgan fingerprint density at radius 1 is 1.10 bits per heavy atom. The number of nitrogens with one attached hydrogen (secondary N) is 1. The van der Waals surface area contributed by atoms with Gasteiger partial charge in [0.15, 0.2) is 0 Å². The lowest BCUT2D eigenvalue weighted by Crippen LogP contribution is -2.46. The molecule has 0 aliphatic heterocycles. The van der Waals surface area contributed by atoms with Crippen LogP contribution in [0.15, 0.2) is 0 Å². The molecule has 1 fully saturated rings. The van der Waals surface area contributed by atoms with Crippen LogP contribution in [0.2, 0.25) is 0 Å². The van der Waals surface area contributed by atoms with Crippen molar-refractivity contribution in [3.8, 4) is 0 Å². The first-order valence-electron chi connectivity index (χ1n) is 8.39. The first-order valence-corrected chi connectivity index (χ1v) is 8.39. The third-order valence-corrected chi connectivity index (χ3v) is 4.32. The quantitative estimate of drug-likeness (QED) is 0.689. The summed E-state index contributed by atoms with van der Waals surface area (Å²) in [5.41, 5.74) is -0.0268. The van der Waals surface area contributed by atoms with Crippen molar-refractivity contribution in [2.45, 2.75) is 77.9 Å². The molecule has 1 rings (SSSR count). The molecule has 1 aliphatic carbocycles. The van der Waals surface area contributed by atoms with Gasteiger partial charge in [-0.05, 0) is 58.9 Å². The van der Waals surface area contributed by atoms with Crippen LogP contribution in [-0.2, 0) is 9.47 Å². The van der Waals surface area contributed by atoms with Gasteiger partial charge in [0.2, 0.25) is 0 Å². The maximum atomic E-state index is 6.27. The smallest absolute Gasteiger partial charge is 0.0807 e. The van der Waals surface area contributed by atoms with Crippen molar-refractivity contribution in [3.63, 3.8) is 0 Å². The van der Waals surface area contributed by atoms with Crippen molar-refractivity contribution in [1.82, 2.24) is 5.32 Å². The zero-order chi connectivity index (χ0) is 15.1. The fourth-order valence-electron chi connectivity index (χ4n) is 2.94. The minimum Gasteiger partial charge on any atom is -0.373 e. The number of rotatable bonds is 8. The lowest BCUT2D eigenvalue weighted by molar-refractivity contribution is -0.110. The van der Waals surface area contributed by atoms with Crippen LogP contribution in [0.5, 0.6) is 0 Å². The lowest BCUT2D eigenvalue weighted by Gasteiger charge is -2.40. The number of hydrogen-bond acceptors (Lipinski definition) is 3. The summed E-state index contributed by atoms with van der Waals surface area (Å²) >= 11 is 0. The topological polar surface area (TPSA) is 30.5 Å². The fourth-order valence-corrected chi connectivity index (χ4v) is 2.94. The standard InChI is InChI=1S/C17H35NO2/c1-6-15-8-10-17(11-9-15,14-18-7-2)20-13-12-19-16(3,4)5/h15,18H,6-14H2,1-5H3. The van der Waals surface area contributed by atoms with Crippen LogP contribution >= 0.6 is 0 Å². The van der Waals surface area contributed by atoms with Crippen molar-refractivity contribution >= 4 is 0 Å². The third-order valence-electron chi connectivity index (χ3n) is 4.32. The molecule has 0 bridgehead atoms. The van der Waals surface area contributed by atoms with Gasteiger partial charge in [-0.25, -0.2) is 0 Å². The first kappa shape index (κ1) is 17.9. The lowest BCUT2D eigenvalue weighted by atomic mass is 9.77.